The van der Waals surface area contributed by atoms with Crippen molar-refractivity contribution in [2.75, 3.05) is 19.6 Å². The lowest BCUT2D eigenvalue weighted by Gasteiger charge is -2.39. The zero-order valence-corrected chi connectivity index (χ0v) is 10.7. The number of aliphatic hydroxyl groups is 1. The van der Waals surface area contributed by atoms with Crippen molar-refractivity contribution in [3.8, 4) is 0 Å². The second kappa shape index (κ2) is 5.51. The fourth-order valence-corrected chi connectivity index (χ4v) is 2.36. The van der Waals surface area contributed by atoms with E-state index in [1.165, 1.54) is 5.56 Å². The summed E-state index contributed by atoms with van der Waals surface area (Å²) in [5.74, 6) is 0. The summed E-state index contributed by atoms with van der Waals surface area (Å²) in [5.41, 5.74) is -1.31. The minimum Gasteiger partial charge on any atom is -0.380 e. The third kappa shape index (κ3) is 3.48. The van der Waals surface area contributed by atoms with Gasteiger partial charge in [0.25, 0.3) is 0 Å². The summed E-state index contributed by atoms with van der Waals surface area (Å²) in [4.78, 5) is 1.98. The molecular weight excluding hydrogens is 255 g/mol. The van der Waals surface area contributed by atoms with E-state index in [0.717, 1.165) is 13.0 Å². The first-order valence-electron chi connectivity index (χ1n) is 6.46. The van der Waals surface area contributed by atoms with E-state index in [1.807, 2.05) is 35.2 Å². The highest BCUT2D eigenvalue weighted by atomic mass is 19.4. The van der Waals surface area contributed by atoms with Gasteiger partial charge in [0.1, 0.15) is 0 Å². The standard InChI is InChI=1S/C14H18F3NO/c15-14(16,17)13(19)7-10-18(11-8-13)9-6-12-4-2-1-3-5-12/h1-5,19H,6-11H2. The van der Waals surface area contributed by atoms with E-state index in [0.29, 0.717) is 13.1 Å². The first-order chi connectivity index (χ1) is 8.91. The minimum absolute atomic E-state index is 0.231. The number of nitrogens with zero attached hydrogens (tertiary/aromatic N) is 1. The molecule has 2 nitrogen and oxygen atoms in total. The third-order valence-corrected chi connectivity index (χ3v) is 3.77. The van der Waals surface area contributed by atoms with Crippen molar-refractivity contribution in [3.05, 3.63) is 35.9 Å². The van der Waals surface area contributed by atoms with Crippen LogP contribution in [0.2, 0.25) is 0 Å². The van der Waals surface area contributed by atoms with Gasteiger partial charge in [0.2, 0.25) is 0 Å². The van der Waals surface area contributed by atoms with Crippen molar-refractivity contribution >= 4 is 0 Å². The molecule has 1 aliphatic heterocycles. The van der Waals surface area contributed by atoms with E-state index in [9.17, 15) is 18.3 Å². The number of benzene rings is 1. The van der Waals surface area contributed by atoms with Crippen LogP contribution in [0.25, 0.3) is 0 Å². The van der Waals surface area contributed by atoms with Gasteiger partial charge < -0.3 is 10.0 Å². The molecule has 0 bridgehead atoms. The zero-order chi connectivity index (χ0) is 13.9. The largest absolute Gasteiger partial charge is 0.417 e. The van der Waals surface area contributed by atoms with Crippen molar-refractivity contribution in [2.24, 2.45) is 0 Å². The molecule has 5 heteroatoms. The molecule has 0 aliphatic carbocycles. The van der Waals surface area contributed by atoms with Gasteiger partial charge in [0.05, 0.1) is 0 Å². The monoisotopic (exact) mass is 273 g/mol. The Bertz CT molecular complexity index is 397. The maximum atomic E-state index is 12.6. The Morgan fingerprint density at radius 2 is 1.68 bits per heavy atom. The summed E-state index contributed by atoms with van der Waals surface area (Å²) in [6.07, 6.45) is -4.15. The van der Waals surface area contributed by atoms with Crippen LogP contribution in [-0.2, 0) is 6.42 Å². The second-order valence-corrected chi connectivity index (χ2v) is 5.11. The second-order valence-electron chi connectivity index (χ2n) is 5.11. The van der Waals surface area contributed by atoms with Gasteiger partial charge in [0, 0.05) is 19.6 Å². The summed E-state index contributed by atoms with van der Waals surface area (Å²) in [7, 11) is 0. The SMILES string of the molecule is OC1(C(F)(F)F)CCN(CCc2ccccc2)CC1. The summed E-state index contributed by atoms with van der Waals surface area (Å²) < 4.78 is 37.9. The van der Waals surface area contributed by atoms with Gasteiger partial charge in [-0.2, -0.15) is 13.2 Å². The topological polar surface area (TPSA) is 23.5 Å². The van der Waals surface area contributed by atoms with E-state index in [-0.39, 0.29) is 12.8 Å². The normalized spacial score (nSPS) is 20.4. The lowest BCUT2D eigenvalue weighted by atomic mass is 9.90. The van der Waals surface area contributed by atoms with Crippen molar-refractivity contribution in [1.29, 1.82) is 0 Å². The molecule has 0 spiro atoms. The molecule has 2 rings (SSSR count). The third-order valence-electron chi connectivity index (χ3n) is 3.77. The maximum absolute atomic E-state index is 12.6. The molecule has 1 N–H and O–H groups in total. The zero-order valence-electron chi connectivity index (χ0n) is 10.7. The Kier molecular flexibility index (Phi) is 4.16. The number of piperidine rings is 1. The highest BCUT2D eigenvalue weighted by Crippen LogP contribution is 2.38. The molecule has 0 atom stereocenters. The highest BCUT2D eigenvalue weighted by molar-refractivity contribution is 5.14. The molecule has 1 aromatic carbocycles. The molecule has 1 heterocycles. The molecule has 1 fully saturated rings. The number of hydrogen-bond donors (Lipinski definition) is 1. The van der Waals surface area contributed by atoms with E-state index >= 15 is 0 Å². The van der Waals surface area contributed by atoms with Gasteiger partial charge in [-0.1, -0.05) is 30.3 Å². The van der Waals surface area contributed by atoms with Crippen molar-refractivity contribution < 1.29 is 18.3 Å². The fraction of sp³-hybridized carbons (Fsp3) is 0.571. The maximum Gasteiger partial charge on any atom is 0.417 e. The number of halogens is 3. The van der Waals surface area contributed by atoms with Gasteiger partial charge >= 0.3 is 6.18 Å². The van der Waals surface area contributed by atoms with Crippen molar-refractivity contribution in [1.82, 2.24) is 4.90 Å². The first kappa shape index (κ1) is 14.3. The molecule has 0 radical (unpaired) electrons. The molecule has 19 heavy (non-hydrogen) atoms. The quantitative estimate of drug-likeness (QED) is 0.915. The van der Waals surface area contributed by atoms with Crippen LogP contribution in [0.15, 0.2) is 30.3 Å². The summed E-state index contributed by atoms with van der Waals surface area (Å²) in [5, 5.41) is 9.56. The Balaban J connectivity index is 1.81. The van der Waals surface area contributed by atoms with Gasteiger partial charge in [0.15, 0.2) is 5.60 Å². The van der Waals surface area contributed by atoms with Crippen LogP contribution < -0.4 is 0 Å². The average Bonchev–Trinajstić information content (AvgIpc) is 2.38. The van der Waals surface area contributed by atoms with Crippen LogP contribution in [0.5, 0.6) is 0 Å². The van der Waals surface area contributed by atoms with Gasteiger partial charge in [-0.15, -0.1) is 0 Å². The van der Waals surface area contributed by atoms with E-state index in [4.69, 9.17) is 0 Å². The number of alkyl halides is 3. The highest BCUT2D eigenvalue weighted by Gasteiger charge is 2.54. The van der Waals surface area contributed by atoms with E-state index < -0.39 is 11.8 Å². The lowest BCUT2D eigenvalue weighted by Crippen LogP contribution is -2.53. The molecular formula is C14H18F3NO. The number of likely N-dealkylation sites (tertiary alicyclic amines) is 1. The molecule has 0 amide bonds. The Morgan fingerprint density at radius 3 is 2.21 bits per heavy atom. The van der Waals surface area contributed by atoms with Gasteiger partial charge in [-0.05, 0) is 24.8 Å². The van der Waals surface area contributed by atoms with Crippen molar-refractivity contribution in [3.63, 3.8) is 0 Å². The molecule has 1 aliphatic rings. The molecule has 1 aromatic rings. The lowest BCUT2D eigenvalue weighted by molar-refractivity contribution is -0.272. The summed E-state index contributed by atoms with van der Waals surface area (Å²) >= 11 is 0. The number of hydrogen-bond acceptors (Lipinski definition) is 2. The predicted molar refractivity (Wildman–Crippen MR) is 66.8 cm³/mol. The van der Waals surface area contributed by atoms with Gasteiger partial charge in [-0.3, -0.25) is 0 Å². The Hall–Kier alpha value is -1.07. The van der Waals surface area contributed by atoms with Crippen molar-refractivity contribution in [2.45, 2.75) is 31.0 Å². The fourth-order valence-electron chi connectivity index (χ4n) is 2.36. The van der Waals surface area contributed by atoms with Crippen LogP contribution in [0.3, 0.4) is 0 Å². The van der Waals surface area contributed by atoms with Crippen LogP contribution in [0.4, 0.5) is 13.2 Å². The summed E-state index contributed by atoms with van der Waals surface area (Å²) in [6, 6.07) is 9.86. The van der Waals surface area contributed by atoms with Crippen LogP contribution in [-0.4, -0.2) is 41.4 Å². The van der Waals surface area contributed by atoms with Gasteiger partial charge in [-0.25, -0.2) is 0 Å². The Labute approximate surface area is 110 Å². The van der Waals surface area contributed by atoms with Crippen LogP contribution >= 0.6 is 0 Å². The molecule has 106 valence electrons. The van der Waals surface area contributed by atoms with E-state index in [1.54, 1.807) is 0 Å². The summed E-state index contributed by atoms with van der Waals surface area (Å²) in [6.45, 7) is 1.32. The van der Waals surface area contributed by atoms with Crippen LogP contribution in [0.1, 0.15) is 18.4 Å². The van der Waals surface area contributed by atoms with E-state index in [2.05, 4.69) is 0 Å². The molecule has 1 saturated heterocycles. The number of rotatable bonds is 3. The predicted octanol–water partition coefficient (Wildman–Crippen LogP) is 2.62. The molecule has 0 saturated carbocycles. The van der Waals surface area contributed by atoms with Crippen LogP contribution in [0, 0.1) is 0 Å². The Morgan fingerprint density at radius 1 is 1.11 bits per heavy atom. The minimum atomic E-state index is -4.52. The molecule has 0 aromatic heterocycles. The molecule has 0 unspecified atom stereocenters. The first-order valence-corrected chi connectivity index (χ1v) is 6.46. The smallest absolute Gasteiger partial charge is 0.380 e. The average molecular weight is 273 g/mol.